The normalized spacial score (nSPS) is 22.7. The van der Waals surface area contributed by atoms with Crippen molar-refractivity contribution in [3.8, 4) is 11.3 Å². The number of carbonyl (C=O) groups is 1. The zero-order valence-corrected chi connectivity index (χ0v) is 15.5. The van der Waals surface area contributed by atoms with E-state index in [2.05, 4.69) is 16.8 Å². The number of piperidine rings is 1. The Bertz CT molecular complexity index is 757. The predicted molar refractivity (Wildman–Crippen MR) is 96.6 cm³/mol. The van der Waals surface area contributed by atoms with E-state index in [1.165, 1.54) is 0 Å². The van der Waals surface area contributed by atoms with E-state index in [1.54, 1.807) is 0 Å². The first kappa shape index (κ1) is 18.0. The number of carboxylic acids is 1. The first-order chi connectivity index (χ1) is 11.8. The number of aromatic nitrogens is 1. The molecule has 1 N–H and O–H groups in total. The summed E-state index contributed by atoms with van der Waals surface area (Å²) in [5.74, 6) is 0.635. The summed E-state index contributed by atoms with van der Waals surface area (Å²) in [5.41, 5.74) is 1.76. The largest absolute Gasteiger partial charge is 0.481 e. The van der Waals surface area contributed by atoms with Gasteiger partial charge in [0.15, 0.2) is 5.76 Å². The number of hydrogen-bond acceptors (Lipinski definition) is 4. The van der Waals surface area contributed by atoms with Gasteiger partial charge in [-0.2, -0.15) is 0 Å². The van der Waals surface area contributed by atoms with Crippen molar-refractivity contribution in [1.29, 1.82) is 0 Å². The molecule has 0 aliphatic carbocycles. The van der Waals surface area contributed by atoms with Crippen LogP contribution in [0.1, 0.15) is 37.9 Å². The molecule has 25 heavy (non-hydrogen) atoms. The Kier molecular flexibility index (Phi) is 5.16. The fourth-order valence-electron chi connectivity index (χ4n) is 3.51. The second kappa shape index (κ2) is 7.18. The van der Waals surface area contributed by atoms with Crippen LogP contribution in [0.5, 0.6) is 0 Å². The van der Waals surface area contributed by atoms with E-state index in [1.807, 2.05) is 38.1 Å². The van der Waals surface area contributed by atoms with Crippen LogP contribution in [0, 0.1) is 18.8 Å². The lowest BCUT2D eigenvalue weighted by molar-refractivity contribution is -0.144. The summed E-state index contributed by atoms with van der Waals surface area (Å²) >= 11 is 5.95. The number of halogens is 1. The van der Waals surface area contributed by atoms with Gasteiger partial charge in [-0.1, -0.05) is 18.5 Å². The Balaban J connectivity index is 1.83. The molecule has 0 bridgehead atoms. The number of likely N-dealkylation sites (tertiary alicyclic amines) is 1. The smallest absolute Gasteiger partial charge is 0.307 e. The molecule has 1 aliphatic rings. The minimum absolute atomic E-state index is 0.0654. The van der Waals surface area contributed by atoms with E-state index in [-0.39, 0.29) is 12.0 Å². The molecule has 1 aliphatic heterocycles. The highest BCUT2D eigenvalue weighted by Crippen LogP contribution is 2.33. The molecule has 3 rings (SSSR count). The van der Waals surface area contributed by atoms with E-state index >= 15 is 0 Å². The van der Waals surface area contributed by atoms with Gasteiger partial charge in [-0.3, -0.25) is 9.69 Å². The standard InChI is InChI=1S/C19H23ClN2O3/c1-11-8-15(19(23)24)10-22(9-11)13(3)18-21-12(2)17(25-18)14-4-6-16(20)7-5-14/h4-7,11,13,15H,8-10H2,1-3H3,(H,23,24). The molecule has 1 fully saturated rings. The average molecular weight is 363 g/mol. The van der Waals surface area contributed by atoms with Gasteiger partial charge in [0.25, 0.3) is 0 Å². The van der Waals surface area contributed by atoms with Crippen LogP contribution in [0.3, 0.4) is 0 Å². The maximum absolute atomic E-state index is 11.4. The van der Waals surface area contributed by atoms with Gasteiger partial charge in [0.05, 0.1) is 17.7 Å². The quantitative estimate of drug-likeness (QED) is 0.872. The van der Waals surface area contributed by atoms with Crippen LogP contribution in [0.2, 0.25) is 5.02 Å². The monoisotopic (exact) mass is 362 g/mol. The summed E-state index contributed by atoms with van der Waals surface area (Å²) in [6.45, 7) is 7.41. The van der Waals surface area contributed by atoms with Gasteiger partial charge in [-0.05, 0) is 50.5 Å². The maximum Gasteiger partial charge on any atom is 0.307 e. The molecule has 1 aromatic carbocycles. The zero-order chi connectivity index (χ0) is 18.1. The summed E-state index contributed by atoms with van der Waals surface area (Å²) in [6, 6.07) is 7.41. The third-order valence-corrected chi connectivity index (χ3v) is 5.11. The Morgan fingerprint density at radius 2 is 2.04 bits per heavy atom. The zero-order valence-electron chi connectivity index (χ0n) is 14.7. The van der Waals surface area contributed by atoms with Crippen molar-refractivity contribution in [1.82, 2.24) is 9.88 Å². The van der Waals surface area contributed by atoms with Crippen molar-refractivity contribution < 1.29 is 14.3 Å². The van der Waals surface area contributed by atoms with Crippen molar-refractivity contribution in [3.05, 3.63) is 40.9 Å². The molecule has 0 amide bonds. The molecule has 134 valence electrons. The molecule has 3 unspecified atom stereocenters. The highest BCUT2D eigenvalue weighted by molar-refractivity contribution is 6.30. The number of carboxylic acid groups (broad SMARTS) is 1. The molecule has 5 nitrogen and oxygen atoms in total. The van der Waals surface area contributed by atoms with E-state index in [0.29, 0.717) is 23.4 Å². The van der Waals surface area contributed by atoms with Gasteiger partial charge in [0.2, 0.25) is 5.89 Å². The lowest BCUT2D eigenvalue weighted by atomic mass is 9.89. The van der Waals surface area contributed by atoms with E-state index in [9.17, 15) is 9.90 Å². The van der Waals surface area contributed by atoms with E-state index in [0.717, 1.165) is 30.0 Å². The maximum atomic E-state index is 11.4. The molecular formula is C19H23ClN2O3. The summed E-state index contributed by atoms with van der Waals surface area (Å²) < 4.78 is 6.04. The molecular weight excluding hydrogens is 340 g/mol. The van der Waals surface area contributed by atoms with Crippen LogP contribution < -0.4 is 0 Å². The third kappa shape index (κ3) is 3.88. The highest BCUT2D eigenvalue weighted by atomic mass is 35.5. The number of oxazole rings is 1. The van der Waals surface area contributed by atoms with Crippen LogP contribution in [-0.2, 0) is 4.79 Å². The number of hydrogen-bond donors (Lipinski definition) is 1. The lowest BCUT2D eigenvalue weighted by Crippen LogP contribution is -2.43. The van der Waals surface area contributed by atoms with Crippen LogP contribution >= 0.6 is 11.6 Å². The van der Waals surface area contributed by atoms with Gasteiger partial charge < -0.3 is 9.52 Å². The Labute approximate surface area is 152 Å². The molecule has 0 spiro atoms. The molecule has 3 atom stereocenters. The van der Waals surface area contributed by atoms with Crippen LogP contribution in [-0.4, -0.2) is 34.0 Å². The van der Waals surface area contributed by atoms with Gasteiger partial charge >= 0.3 is 5.97 Å². The number of nitrogens with zero attached hydrogens (tertiary/aromatic N) is 2. The fourth-order valence-corrected chi connectivity index (χ4v) is 3.64. The molecule has 6 heteroatoms. The average Bonchev–Trinajstić information content (AvgIpc) is 2.96. The summed E-state index contributed by atoms with van der Waals surface area (Å²) in [6.07, 6.45) is 0.721. The number of aliphatic carboxylic acids is 1. The molecule has 2 aromatic rings. The summed E-state index contributed by atoms with van der Waals surface area (Å²) in [7, 11) is 0. The highest BCUT2D eigenvalue weighted by Gasteiger charge is 2.33. The van der Waals surface area contributed by atoms with Gasteiger partial charge in [-0.25, -0.2) is 4.98 Å². The number of aryl methyl sites for hydroxylation is 1. The Hall–Kier alpha value is -1.85. The van der Waals surface area contributed by atoms with E-state index < -0.39 is 5.97 Å². The van der Waals surface area contributed by atoms with Crippen molar-refractivity contribution >= 4 is 17.6 Å². The molecule has 0 radical (unpaired) electrons. The Morgan fingerprint density at radius 3 is 2.68 bits per heavy atom. The predicted octanol–water partition coefficient (Wildman–Crippen LogP) is 4.41. The number of benzene rings is 1. The molecule has 0 saturated carbocycles. The molecule has 1 aromatic heterocycles. The second-order valence-corrected chi connectivity index (χ2v) is 7.42. The van der Waals surface area contributed by atoms with Crippen LogP contribution in [0.4, 0.5) is 0 Å². The van der Waals surface area contributed by atoms with Crippen LogP contribution in [0.15, 0.2) is 28.7 Å². The number of rotatable bonds is 4. The second-order valence-electron chi connectivity index (χ2n) is 6.98. The van der Waals surface area contributed by atoms with Crippen LogP contribution in [0.25, 0.3) is 11.3 Å². The minimum Gasteiger partial charge on any atom is -0.481 e. The fraction of sp³-hybridized carbons (Fsp3) is 0.474. The SMILES string of the molecule is Cc1nc(C(C)N2CC(C)CC(C(=O)O)C2)oc1-c1ccc(Cl)cc1. The molecule has 2 heterocycles. The summed E-state index contributed by atoms with van der Waals surface area (Å²) in [5, 5.41) is 10.0. The van der Waals surface area contributed by atoms with E-state index in [4.69, 9.17) is 16.0 Å². The lowest BCUT2D eigenvalue weighted by Gasteiger charge is -2.37. The minimum atomic E-state index is -0.728. The summed E-state index contributed by atoms with van der Waals surface area (Å²) in [4.78, 5) is 18.1. The van der Waals surface area contributed by atoms with Gasteiger partial charge in [0.1, 0.15) is 0 Å². The van der Waals surface area contributed by atoms with Crippen molar-refractivity contribution in [3.63, 3.8) is 0 Å². The van der Waals surface area contributed by atoms with Crippen molar-refractivity contribution in [2.75, 3.05) is 13.1 Å². The first-order valence-electron chi connectivity index (χ1n) is 8.55. The van der Waals surface area contributed by atoms with Crippen molar-refractivity contribution in [2.45, 2.75) is 33.2 Å². The molecule has 1 saturated heterocycles. The first-order valence-corrected chi connectivity index (χ1v) is 8.93. The Morgan fingerprint density at radius 1 is 1.36 bits per heavy atom. The topological polar surface area (TPSA) is 66.6 Å². The van der Waals surface area contributed by atoms with Crippen molar-refractivity contribution in [2.24, 2.45) is 11.8 Å². The van der Waals surface area contributed by atoms with Gasteiger partial charge in [0, 0.05) is 23.7 Å². The van der Waals surface area contributed by atoms with Gasteiger partial charge in [-0.15, -0.1) is 0 Å². The third-order valence-electron chi connectivity index (χ3n) is 4.86.